The molecule has 1 unspecified atom stereocenters. The normalized spacial score (nSPS) is 16.8. The molecule has 21 heavy (non-hydrogen) atoms. The average molecular weight is 294 g/mol. The molecule has 1 N–H and O–H groups in total. The number of carbonyl (C=O) groups is 1. The van der Waals surface area contributed by atoms with Gasteiger partial charge < -0.3 is 14.6 Å². The molecule has 0 fully saturated rings. The van der Waals surface area contributed by atoms with Gasteiger partial charge in [-0.3, -0.25) is 9.69 Å². The summed E-state index contributed by atoms with van der Waals surface area (Å²) in [5.41, 5.74) is 0. The predicted molar refractivity (Wildman–Crippen MR) is 80.8 cm³/mol. The van der Waals surface area contributed by atoms with Crippen LogP contribution in [0.4, 0.5) is 0 Å². The van der Waals surface area contributed by atoms with Gasteiger partial charge in [-0.25, -0.2) is 4.98 Å². The first kappa shape index (κ1) is 16.0. The van der Waals surface area contributed by atoms with Crippen molar-refractivity contribution >= 4 is 5.97 Å². The Bertz CT molecular complexity index is 458. The summed E-state index contributed by atoms with van der Waals surface area (Å²) in [7, 11) is 0. The third-order valence-corrected chi connectivity index (χ3v) is 3.66. The second-order valence-corrected chi connectivity index (χ2v) is 5.73. The Morgan fingerprint density at radius 3 is 3.00 bits per heavy atom. The monoisotopic (exact) mass is 294 g/mol. The van der Waals surface area contributed by atoms with E-state index in [-0.39, 0.29) is 18.1 Å². The summed E-state index contributed by atoms with van der Waals surface area (Å²) in [5.74, 6) is 0.954. The number of carbonyl (C=O) groups excluding carboxylic acids is 1. The van der Waals surface area contributed by atoms with E-state index in [1.165, 1.54) is 0 Å². The van der Waals surface area contributed by atoms with Crippen LogP contribution in [0.3, 0.4) is 0 Å². The molecule has 6 nitrogen and oxygen atoms in total. The Morgan fingerprint density at radius 1 is 1.48 bits per heavy atom. The molecule has 1 atom stereocenters. The zero-order chi connectivity index (χ0) is 15.2. The summed E-state index contributed by atoms with van der Waals surface area (Å²) >= 11 is 0. The van der Waals surface area contributed by atoms with Crippen molar-refractivity contribution in [3.63, 3.8) is 0 Å². The first-order valence-electron chi connectivity index (χ1n) is 7.75. The Kier molecular flexibility index (Phi) is 5.76. The van der Waals surface area contributed by atoms with Gasteiger partial charge in [0, 0.05) is 38.1 Å². The molecule has 0 spiro atoms. The number of aromatic nitrogens is 2. The molecule has 1 aliphatic rings. The molecule has 0 saturated carbocycles. The van der Waals surface area contributed by atoms with Gasteiger partial charge in [-0.05, 0) is 13.3 Å². The quantitative estimate of drug-likeness (QED) is 0.761. The number of hydrogen-bond acceptors (Lipinski definition) is 5. The van der Waals surface area contributed by atoms with E-state index in [0.29, 0.717) is 6.61 Å². The summed E-state index contributed by atoms with van der Waals surface area (Å²) in [4.78, 5) is 18.7. The lowest BCUT2D eigenvalue weighted by molar-refractivity contribution is -0.146. The first-order chi connectivity index (χ1) is 10.1. The molecular weight excluding hydrogens is 268 g/mol. The third kappa shape index (κ3) is 4.54. The lowest BCUT2D eigenvalue weighted by Gasteiger charge is -2.29. The molecule has 0 radical (unpaired) electrons. The van der Waals surface area contributed by atoms with Crippen LogP contribution in [0.15, 0.2) is 12.4 Å². The molecule has 0 aliphatic carbocycles. The van der Waals surface area contributed by atoms with E-state index in [0.717, 1.165) is 38.4 Å². The van der Waals surface area contributed by atoms with Crippen LogP contribution in [0.2, 0.25) is 0 Å². The lowest BCUT2D eigenvalue weighted by atomic mass is 10.1. The molecule has 0 saturated heterocycles. The molecule has 2 heterocycles. The van der Waals surface area contributed by atoms with E-state index in [1.807, 2.05) is 33.2 Å². The summed E-state index contributed by atoms with van der Waals surface area (Å²) in [6.45, 7) is 10.1. The number of fused-ring (bicyclic) bond motifs is 1. The molecule has 0 aromatic carbocycles. The minimum absolute atomic E-state index is 0.148. The van der Waals surface area contributed by atoms with E-state index >= 15 is 0 Å². The van der Waals surface area contributed by atoms with Crippen LogP contribution in [0, 0.1) is 0 Å². The number of esters is 1. The molecule has 6 heteroatoms. The van der Waals surface area contributed by atoms with Crippen molar-refractivity contribution in [2.24, 2.45) is 0 Å². The van der Waals surface area contributed by atoms with Gasteiger partial charge >= 0.3 is 5.97 Å². The van der Waals surface area contributed by atoms with E-state index in [9.17, 15) is 4.79 Å². The van der Waals surface area contributed by atoms with Gasteiger partial charge in [0.1, 0.15) is 11.9 Å². The second-order valence-electron chi connectivity index (χ2n) is 5.73. The van der Waals surface area contributed by atoms with E-state index in [4.69, 9.17) is 4.74 Å². The van der Waals surface area contributed by atoms with Crippen LogP contribution in [0.1, 0.15) is 33.0 Å². The number of hydrogen-bond donors (Lipinski definition) is 1. The van der Waals surface area contributed by atoms with Crippen LogP contribution >= 0.6 is 0 Å². The van der Waals surface area contributed by atoms with Gasteiger partial charge in [0.2, 0.25) is 0 Å². The van der Waals surface area contributed by atoms with Crippen LogP contribution in [-0.2, 0) is 22.6 Å². The Morgan fingerprint density at radius 2 is 2.29 bits per heavy atom. The SMILES string of the molecule is CCOC(=O)C(CCN1CCn2ccnc2C1)NC(C)C. The highest BCUT2D eigenvalue weighted by atomic mass is 16.5. The van der Waals surface area contributed by atoms with Crippen molar-refractivity contribution in [1.82, 2.24) is 19.8 Å². The van der Waals surface area contributed by atoms with Crippen molar-refractivity contribution in [2.45, 2.75) is 52.4 Å². The highest BCUT2D eigenvalue weighted by Crippen LogP contribution is 2.11. The molecule has 1 aromatic heterocycles. The van der Waals surface area contributed by atoms with Crippen molar-refractivity contribution < 1.29 is 9.53 Å². The minimum atomic E-state index is -0.230. The van der Waals surface area contributed by atoms with Gasteiger partial charge in [-0.1, -0.05) is 13.8 Å². The minimum Gasteiger partial charge on any atom is -0.465 e. The zero-order valence-corrected chi connectivity index (χ0v) is 13.2. The maximum absolute atomic E-state index is 12.0. The molecule has 0 amide bonds. The number of imidazole rings is 1. The van der Waals surface area contributed by atoms with Gasteiger partial charge in [-0.2, -0.15) is 0 Å². The van der Waals surface area contributed by atoms with Crippen molar-refractivity contribution in [3.05, 3.63) is 18.2 Å². The fourth-order valence-electron chi connectivity index (χ4n) is 2.64. The second kappa shape index (κ2) is 7.56. The smallest absolute Gasteiger partial charge is 0.323 e. The number of nitrogens with zero attached hydrogens (tertiary/aromatic N) is 3. The summed E-state index contributed by atoms with van der Waals surface area (Å²) in [6.07, 6.45) is 4.63. The summed E-state index contributed by atoms with van der Waals surface area (Å²) < 4.78 is 7.34. The highest BCUT2D eigenvalue weighted by molar-refractivity contribution is 5.75. The van der Waals surface area contributed by atoms with Gasteiger partial charge in [0.15, 0.2) is 0 Å². The Balaban J connectivity index is 1.85. The van der Waals surface area contributed by atoms with Crippen molar-refractivity contribution in [3.8, 4) is 0 Å². The zero-order valence-electron chi connectivity index (χ0n) is 13.2. The predicted octanol–water partition coefficient (Wildman–Crippen LogP) is 1.02. The Labute approximate surface area is 126 Å². The number of ether oxygens (including phenoxy) is 1. The molecule has 1 aromatic rings. The molecular formula is C15H26N4O2. The van der Waals surface area contributed by atoms with Crippen molar-refractivity contribution in [2.75, 3.05) is 19.7 Å². The Hall–Kier alpha value is -1.40. The fraction of sp³-hybridized carbons (Fsp3) is 0.733. The van der Waals surface area contributed by atoms with Crippen molar-refractivity contribution in [1.29, 1.82) is 0 Å². The van der Waals surface area contributed by atoms with Crippen LogP contribution in [0.25, 0.3) is 0 Å². The third-order valence-electron chi connectivity index (χ3n) is 3.66. The fourth-order valence-corrected chi connectivity index (χ4v) is 2.64. The lowest BCUT2D eigenvalue weighted by Crippen LogP contribution is -2.45. The molecule has 2 rings (SSSR count). The maximum Gasteiger partial charge on any atom is 0.323 e. The average Bonchev–Trinajstić information content (AvgIpc) is 2.90. The first-order valence-corrected chi connectivity index (χ1v) is 7.75. The maximum atomic E-state index is 12.0. The summed E-state index contributed by atoms with van der Waals surface area (Å²) in [5, 5.41) is 3.30. The largest absolute Gasteiger partial charge is 0.465 e. The number of nitrogens with one attached hydrogen (secondary N) is 1. The topological polar surface area (TPSA) is 59.4 Å². The van der Waals surface area contributed by atoms with Gasteiger partial charge in [0.05, 0.1) is 13.2 Å². The van der Waals surface area contributed by atoms with E-state index in [1.54, 1.807) is 0 Å². The van der Waals surface area contributed by atoms with Gasteiger partial charge in [0.25, 0.3) is 0 Å². The number of rotatable bonds is 7. The van der Waals surface area contributed by atoms with Crippen LogP contribution < -0.4 is 5.32 Å². The van der Waals surface area contributed by atoms with Crippen LogP contribution in [0.5, 0.6) is 0 Å². The molecule has 118 valence electrons. The van der Waals surface area contributed by atoms with E-state index < -0.39 is 0 Å². The highest BCUT2D eigenvalue weighted by Gasteiger charge is 2.23. The van der Waals surface area contributed by atoms with Gasteiger partial charge in [-0.15, -0.1) is 0 Å². The van der Waals surface area contributed by atoms with Crippen LogP contribution in [-0.4, -0.2) is 52.2 Å². The molecule has 0 bridgehead atoms. The standard InChI is InChI=1S/C15H26N4O2/c1-4-21-15(20)13(17-12(2)3)5-7-18-9-10-19-8-6-16-14(19)11-18/h6,8,12-13,17H,4-5,7,9-11H2,1-3H3. The summed E-state index contributed by atoms with van der Waals surface area (Å²) in [6, 6.07) is 0.0336. The molecule has 1 aliphatic heterocycles. The van der Waals surface area contributed by atoms with E-state index in [2.05, 4.69) is 19.8 Å².